The zero-order valence-electron chi connectivity index (χ0n) is 27.9. The van der Waals surface area contributed by atoms with Crippen molar-refractivity contribution in [3.8, 4) is 5.75 Å². The molecular formula is C40H47ClN4O2. The van der Waals surface area contributed by atoms with Crippen molar-refractivity contribution in [1.82, 2.24) is 19.7 Å². The summed E-state index contributed by atoms with van der Waals surface area (Å²) in [6, 6.07) is 32.0. The van der Waals surface area contributed by atoms with Crippen LogP contribution in [0.1, 0.15) is 67.6 Å². The topological polar surface area (TPSA) is 49.7 Å². The molecule has 0 atom stereocenters. The maximum Gasteiger partial charge on any atom is 0.251 e. The molecule has 1 aromatic heterocycles. The summed E-state index contributed by atoms with van der Waals surface area (Å²) in [5, 5.41) is 6.18. The number of amides is 1. The molecule has 4 aromatic carbocycles. The Hall–Kier alpha value is -3.84. The fourth-order valence-corrected chi connectivity index (χ4v) is 7.09. The number of para-hydroxylation sites is 1. The number of likely N-dealkylation sites (tertiary alicyclic amines) is 1. The number of nitrogens with one attached hydrogen (secondary N) is 1. The SMILES string of the molecule is CCN(CCCNC(=O)c1ccc(OC2CCN(Cc3ccc4c(c3)c3ccccc3n4C(C)C)CC2)c(Cl)c1)Cc1ccccc1. The minimum absolute atomic E-state index is 0.104. The smallest absolute Gasteiger partial charge is 0.251 e. The van der Waals surface area contributed by atoms with Crippen molar-refractivity contribution < 1.29 is 9.53 Å². The Bertz CT molecular complexity index is 1790. The van der Waals surface area contributed by atoms with Crippen LogP contribution < -0.4 is 10.1 Å². The fourth-order valence-electron chi connectivity index (χ4n) is 6.86. The fraction of sp³-hybridized carbons (Fsp3) is 0.375. The van der Waals surface area contributed by atoms with E-state index in [2.05, 4.69) is 107 Å². The van der Waals surface area contributed by atoms with E-state index in [0.29, 0.717) is 28.9 Å². The molecule has 1 fully saturated rings. The van der Waals surface area contributed by atoms with E-state index in [4.69, 9.17) is 16.3 Å². The molecule has 1 N–H and O–H groups in total. The summed E-state index contributed by atoms with van der Waals surface area (Å²) in [5.41, 5.74) is 5.81. The molecule has 0 aliphatic carbocycles. The Morgan fingerprint density at radius 3 is 2.40 bits per heavy atom. The molecule has 47 heavy (non-hydrogen) atoms. The first kappa shape index (κ1) is 33.1. The third kappa shape index (κ3) is 8.01. The third-order valence-electron chi connectivity index (χ3n) is 9.35. The molecule has 0 saturated carbocycles. The Balaban J connectivity index is 0.967. The predicted octanol–water partition coefficient (Wildman–Crippen LogP) is 8.71. The van der Waals surface area contributed by atoms with Gasteiger partial charge < -0.3 is 14.6 Å². The average Bonchev–Trinajstić information content (AvgIpc) is 3.42. The average molecular weight is 651 g/mol. The van der Waals surface area contributed by atoms with Crippen LogP contribution in [-0.2, 0) is 13.1 Å². The highest BCUT2D eigenvalue weighted by Gasteiger charge is 2.22. The number of ether oxygens (including phenoxy) is 1. The molecule has 1 amide bonds. The van der Waals surface area contributed by atoms with Gasteiger partial charge in [-0.05, 0) is 87.2 Å². The summed E-state index contributed by atoms with van der Waals surface area (Å²) < 4.78 is 8.78. The quantitative estimate of drug-likeness (QED) is 0.130. The van der Waals surface area contributed by atoms with Crippen LogP contribution in [0.3, 0.4) is 0 Å². The van der Waals surface area contributed by atoms with Crippen LogP contribution in [0.5, 0.6) is 5.75 Å². The number of piperidine rings is 1. The zero-order chi connectivity index (χ0) is 32.8. The number of rotatable bonds is 13. The zero-order valence-corrected chi connectivity index (χ0v) is 28.7. The molecule has 0 bridgehead atoms. The van der Waals surface area contributed by atoms with Crippen LogP contribution in [0.4, 0.5) is 0 Å². The molecule has 2 heterocycles. The van der Waals surface area contributed by atoms with Gasteiger partial charge in [0.15, 0.2) is 0 Å². The number of carbonyl (C=O) groups is 1. The van der Waals surface area contributed by atoms with E-state index in [-0.39, 0.29) is 12.0 Å². The number of halogens is 1. The maximum atomic E-state index is 12.8. The van der Waals surface area contributed by atoms with Crippen LogP contribution in [0, 0.1) is 0 Å². The molecular weight excluding hydrogens is 604 g/mol. The van der Waals surface area contributed by atoms with Crippen LogP contribution in [0.15, 0.2) is 91.0 Å². The maximum absolute atomic E-state index is 12.8. The predicted molar refractivity (Wildman–Crippen MR) is 195 cm³/mol. The van der Waals surface area contributed by atoms with Crippen molar-refractivity contribution in [2.75, 3.05) is 32.7 Å². The Morgan fingerprint density at radius 1 is 0.915 bits per heavy atom. The number of fused-ring (bicyclic) bond motifs is 3. The van der Waals surface area contributed by atoms with Gasteiger partial charge in [0, 0.05) is 72.7 Å². The first-order chi connectivity index (χ1) is 22.9. The van der Waals surface area contributed by atoms with Gasteiger partial charge >= 0.3 is 0 Å². The summed E-state index contributed by atoms with van der Waals surface area (Å²) >= 11 is 6.61. The van der Waals surface area contributed by atoms with Crippen molar-refractivity contribution >= 4 is 39.3 Å². The molecule has 7 heteroatoms. The molecule has 1 aliphatic heterocycles. The summed E-state index contributed by atoms with van der Waals surface area (Å²) in [5.74, 6) is 0.540. The number of hydrogen-bond donors (Lipinski definition) is 1. The third-order valence-corrected chi connectivity index (χ3v) is 9.65. The van der Waals surface area contributed by atoms with Crippen LogP contribution >= 0.6 is 11.6 Å². The Labute approximate surface area is 284 Å². The molecule has 0 radical (unpaired) electrons. The van der Waals surface area contributed by atoms with Crippen LogP contribution in [-0.4, -0.2) is 59.1 Å². The van der Waals surface area contributed by atoms with E-state index < -0.39 is 0 Å². The summed E-state index contributed by atoms with van der Waals surface area (Å²) in [6.07, 6.45) is 2.86. The Kier molecular flexibility index (Phi) is 10.8. The number of nitrogens with zero attached hydrogens (tertiary/aromatic N) is 3. The molecule has 246 valence electrons. The number of carbonyl (C=O) groups excluding carboxylic acids is 1. The molecule has 6 nitrogen and oxygen atoms in total. The van der Waals surface area contributed by atoms with Gasteiger partial charge in [0.05, 0.1) is 5.02 Å². The highest BCUT2D eigenvalue weighted by atomic mass is 35.5. The minimum Gasteiger partial charge on any atom is -0.489 e. The van der Waals surface area contributed by atoms with Gasteiger partial charge in [-0.1, -0.05) is 73.1 Å². The van der Waals surface area contributed by atoms with E-state index in [1.165, 1.54) is 32.9 Å². The number of hydrogen-bond acceptors (Lipinski definition) is 4. The van der Waals surface area contributed by atoms with E-state index in [1.807, 2.05) is 18.2 Å². The summed E-state index contributed by atoms with van der Waals surface area (Å²) in [6.45, 7) is 13.0. The lowest BCUT2D eigenvalue weighted by molar-refractivity contribution is 0.0949. The van der Waals surface area contributed by atoms with Gasteiger partial charge in [0.2, 0.25) is 0 Å². The lowest BCUT2D eigenvalue weighted by atomic mass is 10.0. The minimum atomic E-state index is -0.107. The van der Waals surface area contributed by atoms with E-state index in [1.54, 1.807) is 6.07 Å². The van der Waals surface area contributed by atoms with Gasteiger partial charge in [-0.25, -0.2) is 0 Å². The highest BCUT2D eigenvalue weighted by molar-refractivity contribution is 6.32. The number of aromatic nitrogens is 1. The van der Waals surface area contributed by atoms with Gasteiger partial charge in [0.25, 0.3) is 5.91 Å². The molecule has 6 rings (SSSR count). The first-order valence-electron chi connectivity index (χ1n) is 17.1. The molecule has 0 spiro atoms. The van der Waals surface area contributed by atoms with Crippen molar-refractivity contribution in [1.29, 1.82) is 0 Å². The summed E-state index contributed by atoms with van der Waals surface area (Å²) in [4.78, 5) is 17.7. The molecule has 0 unspecified atom stereocenters. The molecule has 1 saturated heterocycles. The lowest BCUT2D eigenvalue weighted by Crippen LogP contribution is -2.37. The van der Waals surface area contributed by atoms with Crippen LogP contribution in [0.2, 0.25) is 5.02 Å². The van der Waals surface area contributed by atoms with Crippen molar-refractivity contribution in [2.24, 2.45) is 0 Å². The van der Waals surface area contributed by atoms with Gasteiger partial charge in [-0.15, -0.1) is 0 Å². The van der Waals surface area contributed by atoms with E-state index in [9.17, 15) is 4.79 Å². The Morgan fingerprint density at radius 2 is 1.66 bits per heavy atom. The standard InChI is InChI=1S/C40H47ClN4O2/c1-4-43(27-30-11-6-5-7-12-30)22-10-21-42-40(46)32-16-18-39(36(41)26-32)47-33-19-23-44(24-20-33)28-31-15-17-38-35(25-31)34-13-8-9-14-37(34)45(38)29(2)3/h5-9,11-18,25-26,29,33H,4,10,19-24,27-28H2,1-3H3,(H,42,46). The second-order valence-corrected chi connectivity index (χ2v) is 13.4. The van der Waals surface area contributed by atoms with Gasteiger partial charge in [-0.3, -0.25) is 14.6 Å². The van der Waals surface area contributed by atoms with E-state index in [0.717, 1.165) is 58.5 Å². The summed E-state index contributed by atoms with van der Waals surface area (Å²) in [7, 11) is 0. The normalized spacial score (nSPS) is 14.4. The first-order valence-corrected chi connectivity index (χ1v) is 17.5. The monoisotopic (exact) mass is 650 g/mol. The van der Waals surface area contributed by atoms with Crippen molar-refractivity contribution in [3.63, 3.8) is 0 Å². The largest absolute Gasteiger partial charge is 0.489 e. The van der Waals surface area contributed by atoms with Crippen LogP contribution in [0.25, 0.3) is 21.8 Å². The van der Waals surface area contributed by atoms with Gasteiger partial charge in [0.1, 0.15) is 11.9 Å². The molecule has 1 aliphatic rings. The van der Waals surface area contributed by atoms with Crippen molar-refractivity contribution in [3.05, 3.63) is 113 Å². The highest BCUT2D eigenvalue weighted by Crippen LogP contribution is 2.33. The van der Waals surface area contributed by atoms with E-state index >= 15 is 0 Å². The number of benzene rings is 4. The van der Waals surface area contributed by atoms with Crippen molar-refractivity contribution in [2.45, 2.75) is 65.3 Å². The lowest BCUT2D eigenvalue weighted by Gasteiger charge is -2.32. The second kappa shape index (κ2) is 15.4. The second-order valence-electron chi connectivity index (χ2n) is 13.0. The van der Waals surface area contributed by atoms with Gasteiger partial charge in [-0.2, -0.15) is 0 Å². The molecule has 5 aromatic rings.